The fourth-order valence-corrected chi connectivity index (χ4v) is 2.70. The van der Waals surface area contributed by atoms with Crippen LogP contribution in [-0.4, -0.2) is 24.9 Å². The Morgan fingerprint density at radius 1 is 0.696 bits per heavy atom. The predicted octanol–water partition coefficient (Wildman–Crippen LogP) is 3.38. The van der Waals surface area contributed by atoms with E-state index in [4.69, 9.17) is 4.42 Å². The Morgan fingerprint density at radius 3 is 2.52 bits per heavy atom. The fourth-order valence-electron chi connectivity index (χ4n) is 2.70. The van der Waals surface area contributed by atoms with Crippen LogP contribution in [0.25, 0.3) is 44.6 Å². The molecule has 0 fully saturated rings. The van der Waals surface area contributed by atoms with Gasteiger partial charge in [-0.3, -0.25) is 4.98 Å². The van der Waals surface area contributed by atoms with E-state index < -0.39 is 0 Å². The van der Waals surface area contributed by atoms with Crippen LogP contribution in [0.2, 0.25) is 0 Å². The Kier molecular flexibility index (Phi) is 2.40. The van der Waals surface area contributed by atoms with Gasteiger partial charge in [0.15, 0.2) is 11.0 Å². The summed E-state index contributed by atoms with van der Waals surface area (Å²) in [6.07, 6.45) is 6.68. The first-order chi connectivity index (χ1) is 11.4. The lowest BCUT2D eigenvalue weighted by molar-refractivity contribution is 0.638. The number of benzene rings is 1. The van der Waals surface area contributed by atoms with Crippen LogP contribution < -0.4 is 0 Å². The van der Waals surface area contributed by atoms with E-state index in [-0.39, 0.29) is 0 Å². The molecule has 1 aromatic carbocycles. The maximum Gasteiger partial charge on any atom is 0.250 e. The van der Waals surface area contributed by atoms with Gasteiger partial charge in [0.05, 0.1) is 17.4 Å². The van der Waals surface area contributed by atoms with Crippen LogP contribution >= 0.6 is 0 Å². The van der Waals surface area contributed by atoms with E-state index >= 15 is 0 Å². The molecule has 0 aliphatic carbocycles. The molecule has 0 amide bonds. The second-order valence-electron chi connectivity index (χ2n) is 5.10. The fraction of sp³-hybridized carbons (Fsp3) is 0. The average molecular weight is 299 g/mol. The maximum absolute atomic E-state index is 5.66. The van der Waals surface area contributed by atoms with Crippen LogP contribution in [0.1, 0.15) is 0 Å². The summed E-state index contributed by atoms with van der Waals surface area (Å²) in [6, 6.07) is 9.91. The molecule has 6 nitrogen and oxygen atoms in total. The largest absolute Gasteiger partial charge is 0.416 e. The monoisotopic (exact) mass is 299 g/mol. The molecule has 0 unspecified atom stereocenters. The molecular weight excluding hydrogens is 290 g/mol. The summed E-state index contributed by atoms with van der Waals surface area (Å²) in [5.74, 6) is 0. The highest BCUT2D eigenvalue weighted by Crippen LogP contribution is 2.28. The molecule has 4 aromatic heterocycles. The minimum Gasteiger partial charge on any atom is -0.416 e. The van der Waals surface area contributed by atoms with Gasteiger partial charge in [0.1, 0.15) is 0 Å². The van der Waals surface area contributed by atoms with Gasteiger partial charge in [0.2, 0.25) is 11.4 Å². The summed E-state index contributed by atoms with van der Waals surface area (Å²) in [7, 11) is 0. The smallest absolute Gasteiger partial charge is 0.250 e. The van der Waals surface area contributed by atoms with Crippen LogP contribution in [0.4, 0.5) is 0 Å². The number of pyridine rings is 1. The van der Waals surface area contributed by atoms with Gasteiger partial charge in [-0.2, -0.15) is 0 Å². The standard InChI is InChI=1S/C17H9N5O/c1-3-10-4-2-6-18-13(10)11(5-1)12-9-21-15-14-16(20-8-7-19-14)23-17(15)22-12/h1-9H. The van der Waals surface area contributed by atoms with Crippen molar-refractivity contribution < 1.29 is 4.42 Å². The number of nitrogens with zero attached hydrogens (tertiary/aromatic N) is 5. The normalized spacial score (nSPS) is 11.5. The van der Waals surface area contributed by atoms with Crippen molar-refractivity contribution in [3.05, 3.63) is 55.1 Å². The molecule has 23 heavy (non-hydrogen) atoms. The highest BCUT2D eigenvalue weighted by atomic mass is 16.3. The summed E-state index contributed by atoms with van der Waals surface area (Å²) >= 11 is 0. The van der Waals surface area contributed by atoms with Crippen molar-refractivity contribution >= 4 is 33.4 Å². The zero-order chi connectivity index (χ0) is 15.2. The second kappa shape index (κ2) is 4.54. The van der Waals surface area contributed by atoms with Gasteiger partial charge in [-0.15, -0.1) is 0 Å². The molecule has 5 rings (SSSR count). The summed E-state index contributed by atoms with van der Waals surface area (Å²) in [5, 5.41) is 1.06. The third-order valence-corrected chi connectivity index (χ3v) is 3.73. The van der Waals surface area contributed by atoms with E-state index in [2.05, 4.69) is 24.9 Å². The van der Waals surface area contributed by atoms with Crippen molar-refractivity contribution in [3.8, 4) is 11.3 Å². The molecule has 0 aliphatic heterocycles. The Morgan fingerprint density at radius 2 is 1.52 bits per heavy atom. The number of aromatic nitrogens is 5. The molecule has 0 saturated carbocycles. The summed E-state index contributed by atoms with van der Waals surface area (Å²) < 4.78 is 5.66. The Balaban J connectivity index is 1.81. The Labute approximate surface area is 129 Å². The van der Waals surface area contributed by atoms with Gasteiger partial charge in [0, 0.05) is 29.5 Å². The molecule has 0 aliphatic rings. The lowest BCUT2D eigenvalue weighted by Crippen LogP contribution is -1.89. The number of furan rings is 1. The molecule has 0 N–H and O–H groups in total. The summed E-state index contributed by atoms with van der Waals surface area (Å²) in [5.41, 5.74) is 4.62. The molecule has 4 heterocycles. The molecule has 0 saturated heterocycles. The first kappa shape index (κ1) is 12.2. The average Bonchev–Trinajstić information content (AvgIpc) is 2.99. The van der Waals surface area contributed by atoms with Crippen molar-refractivity contribution in [2.45, 2.75) is 0 Å². The molecule has 108 valence electrons. The molecule has 0 bridgehead atoms. The lowest BCUT2D eigenvalue weighted by atomic mass is 10.1. The van der Waals surface area contributed by atoms with E-state index in [0.29, 0.717) is 28.2 Å². The number of hydrogen-bond acceptors (Lipinski definition) is 6. The third kappa shape index (κ3) is 1.78. The first-order valence-electron chi connectivity index (χ1n) is 7.10. The van der Waals surface area contributed by atoms with Crippen LogP contribution in [0.15, 0.2) is 59.5 Å². The zero-order valence-electron chi connectivity index (χ0n) is 11.8. The van der Waals surface area contributed by atoms with Gasteiger partial charge in [-0.05, 0) is 6.07 Å². The van der Waals surface area contributed by atoms with Gasteiger partial charge in [0.25, 0.3) is 0 Å². The summed E-state index contributed by atoms with van der Waals surface area (Å²) in [6.45, 7) is 0. The number of rotatable bonds is 1. The molecule has 0 spiro atoms. The van der Waals surface area contributed by atoms with E-state index in [0.717, 1.165) is 16.5 Å². The van der Waals surface area contributed by atoms with Crippen LogP contribution in [0.3, 0.4) is 0 Å². The number of hydrogen-bond donors (Lipinski definition) is 0. The second-order valence-corrected chi connectivity index (χ2v) is 5.10. The predicted molar refractivity (Wildman–Crippen MR) is 85.6 cm³/mol. The van der Waals surface area contributed by atoms with Crippen molar-refractivity contribution in [2.75, 3.05) is 0 Å². The Hall–Kier alpha value is -3.41. The van der Waals surface area contributed by atoms with Gasteiger partial charge >= 0.3 is 0 Å². The van der Waals surface area contributed by atoms with Crippen LogP contribution in [-0.2, 0) is 0 Å². The number of para-hydroxylation sites is 1. The van der Waals surface area contributed by atoms with Crippen molar-refractivity contribution in [1.82, 2.24) is 24.9 Å². The molecule has 5 aromatic rings. The van der Waals surface area contributed by atoms with Crippen molar-refractivity contribution in [3.63, 3.8) is 0 Å². The van der Waals surface area contributed by atoms with E-state index in [1.54, 1.807) is 24.8 Å². The summed E-state index contributed by atoms with van der Waals surface area (Å²) in [4.78, 5) is 21.9. The Bertz CT molecular complexity index is 1180. The maximum atomic E-state index is 5.66. The zero-order valence-corrected chi connectivity index (χ0v) is 11.8. The van der Waals surface area contributed by atoms with E-state index in [9.17, 15) is 0 Å². The minimum absolute atomic E-state index is 0.427. The molecule has 0 radical (unpaired) electrons. The van der Waals surface area contributed by atoms with Gasteiger partial charge < -0.3 is 4.42 Å². The van der Waals surface area contributed by atoms with E-state index in [1.807, 2.05) is 30.3 Å². The van der Waals surface area contributed by atoms with Gasteiger partial charge in [-0.1, -0.05) is 24.3 Å². The molecule has 0 atom stereocenters. The third-order valence-electron chi connectivity index (χ3n) is 3.73. The SMILES string of the molecule is c1cnc2c(-c3cnc4c(n3)oc3nccnc34)cccc2c1. The topological polar surface area (TPSA) is 77.6 Å². The van der Waals surface area contributed by atoms with Crippen molar-refractivity contribution in [1.29, 1.82) is 0 Å². The number of fused-ring (bicyclic) bond motifs is 4. The van der Waals surface area contributed by atoms with Gasteiger partial charge in [-0.25, -0.2) is 19.9 Å². The van der Waals surface area contributed by atoms with Crippen molar-refractivity contribution in [2.24, 2.45) is 0 Å². The molecule has 6 heteroatoms. The minimum atomic E-state index is 0.427. The lowest BCUT2D eigenvalue weighted by Gasteiger charge is -2.04. The quantitative estimate of drug-likeness (QED) is 0.472. The van der Waals surface area contributed by atoms with Crippen LogP contribution in [0, 0.1) is 0 Å². The highest BCUT2D eigenvalue weighted by molar-refractivity contribution is 5.98. The highest BCUT2D eigenvalue weighted by Gasteiger charge is 2.14. The van der Waals surface area contributed by atoms with Crippen LogP contribution in [0.5, 0.6) is 0 Å². The first-order valence-corrected chi connectivity index (χ1v) is 7.10. The van der Waals surface area contributed by atoms with E-state index in [1.165, 1.54) is 0 Å². The molecular formula is C17H9N5O.